The zero-order valence-corrected chi connectivity index (χ0v) is 14.7. The number of para-hydroxylation sites is 2. The highest BCUT2D eigenvalue weighted by molar-refractivity contribution is 7.92. The second kappa shape index (κ2) is 7.97. The van der Waals surface area contributed by atoms with Gasteiger partial charge in [-0.15, -0.1) is 0 Å². The van der Waals surface area contributed by atoms with Crippen LogP contribution >= 0.6 is 0 Å². The van der Waals surface area contributed by atoms with Crippen LogP contribution in [0.25, 0.3) is 0 Å². The number of nitrogens with one attached hydrogen (secondary N) is 1. The van der Waals surface area contributed by atoms with Gasteiger partial charge in [0.25, 0.3) is 0 Å². The van der Waals surface area contributed by atoms with Gasteiger partial charge in [0.1, 0.15) is 0 Å². The fourth-order valence-corrected chi connectivity index (χ4v) is 3.46. The predicted molar refractivity (Wildman–Crippen MR) is 97.7 cm³/mol. The van der Waals surface area contributed by atoms with Crippen LogP contribution in [0.2, 0.25) is 0 Å². The van der Waals surface area contributed by atoms with Crippen LogP contribution in [-0.2, 0) is 14.8 Å². The van der Waals surface area contributed by atoms with Crippen molar-refractivity contribution in [3.05, 3.63) is 60.2 Å². The minimum Gasteiger partial charge on any atom is -0.326 e. The molecule has 6 heteroatoms. The van der Waals surface area contributed by atoms with E-state index in [1.165, 1.54) is 10.6 Å². The number of sulfonamides is 1. The van der Waals surface area contributed by atoms with Crippen LogP contribution in [0, 0.1) is 6.92 Å². The lowest BCUT2D eigenvalue weighted by molar-refractivity contribution is -0.116. The largest absolute Gasteiger partial charge is 0.326 e. The molecule has 0 aliphatic rings. The van der Waals surface area contributed by atoms with E-state index in [0.29, 0.717) is 12.1 Å². The van der Waals surface area contributed by atoms with Gasteiger partial charge >= 0.3 is 0 Å². The molecule has 0 atom stereocenters. The van der Waals surface area contributed by atoms with Gasteiger partial charge in [-0.05, 0) is 37.1 Å². The minimum atomic E-state index is -3.40. The normalized spacial score (nSPS) is 11.1. The van der Waals surface area contributed by atoms with E-state index in [1.54, 1.807) is 6.07 Å². The second-order valence-corrected chi connectivity index (χ2v) is 7.55. The van der Waals surface area contributed by atoms with Gasteiger partial charge in [0.2, 0.25) is 15.9 Å². The molecule has 0 saturated carbocycles. The minimum absolute atomic E-state index is 0.126. The highest BCUT2D eigenvalue weighted by Gasteiger charge is 2.18. The summed E-state index contributed by atoms with van der Waals surface area (Å²) in [7, 11) is -3.40. The maximum atomic E-state index is 12.1. The molecule has 1 amide bonds. The first-order chi connectivity index (χ1) is 11.4. The third-order valence-corrected chi connectivity index (χ3v) is 4.79. The van der Waals surface area contributed by atoms with Crippen LogP contribution in [0.15, 0.2) is 54.6 Å². The molecular formula is C18H22N2O3S. The van der Waals surface area contributed by atoms with Crippen LogP contribution in [0.1, 0.15) is 18.4 Å². The van der Waals surface area contributed by atoms with E-state index >= 15 is 0 Å². The highest BCUT2D eigenvalue weighted by Crippen LogP contribution is 2.22. The molecule has 0 aromatic heterocycles. The zero-order chi connectivity index (χ0) is 17.6. The summed E-state index contributed by atoms with van der Waals surface area (Å²) in [6.45, 7) is 2.14. The first kappa shape index (κ1) is 18.0. The standard InChI is InChI=1S/C18H22N2O3S/c1-15-9-6-7-12-17(15)20(24(2,22)23)14-8-13-18(21)19-16-10-4-3-5-11-16/h3-7,9-12H,8,13-14H2,1-2H3,(H,19,21). The summed E-state index contributed by atoms with van der Waals surface area (Å²) >= 11 is 0. The molecule has 0 aliphatic carbocycles. The van der Waals surface area contributed by atoms with Crippen LogP contribution < -0.4 is 9.62 Å². The summed E-state index contributed by atoms with van der Waals surface area (Å²) in [6, 6.07) is 16.5. The average molecular weight is 346 g/mol. The Bertz CT molecular complexity index is 789. The van der Waals surface area contributed by atoms with Crippen molar-refractivity contribution in [3.63, 3.8) is 0 Å². The lowest BCUT2D eigenvalue weighted by atomic mass is 10.2. The van der Waals surface area contributed by atoms with Crippen molar-refractivity contribution in [2.75, 3.05) is 22.4 Å². The zero-order valence-electron chi connectivity index (χ0n) is 13.9. The van der Waals surface area contributed by atoms with Crippen molar-refractivity contribution in [2.45, 2.75) is 19.8 Å². The first-order valence-electron chi connectivity index (χ1n) is 7.76. The molecule has 0 saturated heterocycles. The molecule has 2 aromatic carbocycles. The maximum absolute atomic E-state index is 12.1. The Morgan fingerprint density at radius 2 is 1.67 bits per heavy atom. The lowest BCUT2D eigenvalue weighted by Crippen LogP contribution is -2.32. The number of nitrogens with zero attached hydrogens (tertiary/aromatic N) is 1. The number of anilines is 2. The number of amides is 1. The summed E-state index contributed by atoms with van der Waals surface area (Å²) in [4.78, 5) is 12.0. The SMILES string of the molecule is Cc1ccccc1N(CCCC(=O)Nc1ccccc1)S(C)(=O)=O. The lowest BCUT2D eigenvalue weighted by Gasteiger charge is -2.24. The number of benzene rings is 2. The molecule has 0 radical (unpaired) electrons. The summed E-state index contributed by atoms with van der Waals surface area (Å²) in [6.07, 6.45) is 1.89. The Morgan fingerprint density at radius 3 is 2.29 bits per heavy atom. The highest BCUT2D eigenvalue weighted by atomic mass is 32.2. The van der Waals surface area contributed by atoms with Gasteiger partial charge in [-0.1, -0.05) is 36.4 Å². The van der Waals surface area contributed by atoms with E-state index in [0.717, 1.165) is 11.3 Å². The fraction of sp³-hybridized carbons (Fsp3) is 0.278. The summed E-state index contributed by atoms with van der Waals surface area (Å²) in [5.74, 6) is -0.126. The fourth-order valence-electron chi connectivity index (χ4n) is 2.44. The van der Waals surface area contributed by atoms with Crippen LogP contribution in [0.4, 0.5) is 11.4 Å². The van der Waals surface area contributed by atoms with E-state index in [4.69, 9.17) is 0 Å². The average Bonchev–Trinajstić information content (AvgIpc) is 2.52. The molecule has 2 rings (SSSR count). The molecule has 0 fully saturated rings. The Morgan fingerprint density at radius 1 is 1.04 bits per heavy atom. The quantitative estimate of drug-likeness (QED) is 0.837. The molecule has 0 heterocycles. The van der Waals surface area contributed by atoms with Crippen LogP contribution in [0.3, 0.4) is 0 Å². The van der Waals surface area contributed by atoms with Gasteiger partial charge in [0, 0.05) is 18.7 Å². The number of rotatable bonds is 7. The van der Waals surface area contributed by atoms with Gasteiger partial charge in [-0.3, -0.25) is 9.10 Å². The molecule has 0 spiro atoms. The monoisotopic (exact) mass is 346 g/mol. The number of carbonyl (C=O) groups excluding carboxylic acids is 1. The van der Waals surface area contributed by atoms with Crippen LogP contribution in [-0.4, -0.2) is 27.1 Å². The van der Waals surface area contributed by atoms with Crippen molar-refractivity contribution in [3.8, 4) is 0 Å². The molecule has 0 aliphatic heterocycles. The van der Waals surface area contributed by atoms with Crippen molar-refractivity contribution in [2.24, 2.45) is 0 Å². The van der Waals surface area contributed by atoms with Gasteiger partial charge in [-0.2, -0.15) is 0 Å². The Hall–Kier alpha value is -2.34. The number of hydrogen-bond donors (Lipinski definition) is 1. The van der Waals surface area contributed by atoms with E-state index in [9.17, 15) is 13.2 Å². The summed E-state index contributed by atoms with van der Waals surface area (Å²) < 4.78 is 25.5. The molecule has 0 unspecified atom stereocenters. The van der Waals surface area contributed by atoms with Gasteiger partial charge in [0.15, 0.2) is 0 Å². The smallest absolute Gasteiger partial charge is 0.232 e. The van der Waals surface area contributed by atoms with Gasteiger partial charge < -0.3 is 5.32 Å². The van der Waals surface area contributed by atoms with E-state index in [2.05, 4.69) is 5.32 Å². The third kappa shape index (κ3) is 5.09. The number of carbonyl (C=O) groups is 1. The first-order valence-corrected chi connectivity index (χ1v) is 9.61. The topological polar surface area (TPSA) is 66.5 Å². The van der Waals surface area contributed by atoms with E-state index < -0.39 is 10.0 Å². The molecule has 5 nitrogen and oxygen atoms in total. The Labute approximate surface area is 143 Å². The van der Waals surface area contributed by atoms with Crippen molar-refractivity contribution in [1.29, 1.82) is 0 Å². The summed E-state index contributed by atoms with van der Waals surface area (Å²) in [5.41, 5.74) is 2.28. The van der Waals surface area contributed by atoms with E-state index in [1.807, 2.05) is 55.5 Å². The maximum Gasteiger partial charge on any atom is 0.232 e. The van der Waals surface area contributed by atoms with Gasteiger partial charge in [0.05, 0.1) is 11.9 Å². The van der Waals surface area contributed by atoms with Crippen molar-refractivity contribution in [1.82, 2.24) is 0 Å². The third-order valence-electron chi connectivity index (χ3n) is 3.61. The molecule has 1 N–H and O–H groups in total. The molecule has 2 aromatic rings. The van der Waals surface area contributed by atoms with Crippen molar-refractivity contribution < 1.29 is 13.2 Å². The predicted octanol–water partition coefficient (Wildman–Crippen LogP) is 3.18. The Kier molecular flexibility index (Phi) is 5.98. The number of hydrogen-bond acceptors (Lipinski definition) is 3. The van der Waals surface area contributed by atoms with Gasteiger partial charge in [-0.25, -0.2) is 8.42 Å². The second-order valence-electron chi connectivity index (χ2n) is 5.64. The summed E-state index contributed by atoms with van der Waals surface area (Å²) in [5, 5.41) is 2.80. The molecule has 24 heavy (non-hydrogen) atoms. The molecule has 128 valence electrons. The van der Waals surface area contributed by atoms with Crippen LogP contribution in [0.5, 0.6) is 0 Å². The number of aryl methyl sites for hydroxylation is 1. The molecule has 0 bridgehead atoms. The molecular weight excluding hydrogens is 324 g/mol. The Balaban J connectivity index is 1.97. The van der Waals surface area contributed by atoms with E-state index in [-0.39, 0.29) is 18.9 Å². The van der Waals surface area contributed by atoms with Crippen molar-refractivity contribution >= 4 is 27.3 Å².